The van der Waals surface area contributed by atoms with Crippen LogP contribution in [0.5, 0.6) is 5.75 Å². The number of carboxylic acids is 1. The van der Waals surface area contributed by atoms with Gasteiger partial charge in [0.1, 0.15) is 23.5 Å². The predicted octanol–water partition coefficient (Wildman–Crippen LogP) is 4.35. The number of carbonyl (C=O) groups excluding carboxylic acids is 3. The van der Waals surface area contributed by atoms with E-state index in [9.17, 15) is 24.3 Å². The zero-order valence-electron chi connectivity index (χ0n) is 27.9. The van der Waals surface area contributed by atoms with Crippen LogP contribution >= 0.6 is 11.3 Å². The number of benzene rings is 1. The number of aliphatic hydroxyl groups excluding tert-OH is 1. The van der Waals surface area contributed by atoms with Crippen LogP contribution in [-0.2, 0) is 20.9 Å². The van der Waals surface area contributed by atoms with Crippen molar-refractivity contribution in [2.45, 2.75) is 91.0 Å². The molecule has 1 aliphatic heterocycles. The molecule has 3 amide bonds. The van der Waals surface area contributed by atoms with Gasteiger partial charge in [-0.1, -0.05) is 57.9 Å². The fourth-order valence-corrected chi connectivity index (χ4v) is 6.32. The van der Waals surface area contributed by atoms with E-state index in [2.05, 4.69) is 20.6 Å². The molecule has 1 saturated heterocycles. The van der Waals surface area contributed by atoms with E-state index in [1.165, 1.54) is 17.2 Å². The Morgan fingerprint density at radius 3 is 2.40 bits per heavy atom. The van der Waals surface area contributed by atoms with Crippen LogP contribution < -0.4 is 15.4 Å². The van der Waals surface area contributed by atoms with Gasteiger partial charge in [-0.05, 0) is 48.4 Å². The van der Waals surface area contributed by atoms with Gasteiger partial charge in [0.15, 0.2) is 0 Å². The minimum absolute atomic E-state index is 0.0217. The summed E-state index contributed by atoms with van der Waals surface area (Å²) in [6, 6.07) is 9.11. The van der Waals surface area contributed by atoms with Gasteiger partial charge in [-0.3, -0.25) is 19.2 Å². The molecule has 1 aliphatic rings. The lowest BCUT2D eigenvalue weighted by Gasteiger charge is -2.35. The molecule has 4 N–H and O–H groups in total. The minimum atomic E-state index is -0.993. The van der Waals surface area contributed by atoms with E-state index in [1.54, 1.807) is 17.4 Å². The lowest BCUT2D eigenvalue weighted by molar-refractivity contribution is -0.142. The van der Waals surface area contributed by atoms with Gasteiger partial charge >= 0.3 is 5.97 Å². The van der Waals surface area contributed by atoms with E-state index in [-0.39, 0.29) is 37.5 Å². The first-order valence-electron chi connectivity index (χ1n) is 16.2. The summed E-state index contributed by atoms with van der Waals surface area (Å²) in [5, 5.41) is 24.9. The van der Waals surface area contributed by atoms with E-state index in [1.807, 2.05) is 57.5 Å². The van der Waals surface area contributed by atoms with Crippen molar-refractivity contribution >= 4 is 35.0 Å². The van der Waals surface area contributed by atoms with Crippen molar-refractivity contribution in [1.82, 2.24) is 25.5 Å². The molecule has 1 fully saturated rings. The first-order chi connectivity index (χ1) is 22.8. The topological polar surface area (TPSA) is 171 Å². The summed E-state index contributed by atoms with van der Waals surface area (Å²) < 4.78 is 5.69. The molecular formula is C35H45N5O7S. The number of aliphatic carboxylic acids is 1. The number of aromatic nitrogens is 2. The summed E-state index contributed by atoms with van der Waals surface area (Å²) in [6.07, 6.45) is 3.89. The number of hydrogen-bond donors (Lipinski definition) is 4. The van der Waals surface area contributed by atoms with Crippen molar-refractivity contribution in [3.8, 4) is 16.2 Å². The Bertz CT molecular complexity index is 1550. The van der Waals surface area contributed by atoms with Crippen molar-refractivity contribution in [3.63, 3.8) is 0 Å². The smallest absolute Gasteiger partial charge is 0.303 e. The second-order valence-corrected chi connectivity index (χ2v) is 14.0. The summed E-state index contributed by atoms with van der Waals surface area (Å²) >= 11 is 1.57. The van der Waals surface area contributed by atoms with Crippen molar-refractivity contribution in [1.29, 1.82) is 0 Å². The maximum absolute atomic E-state index is 13.9. The molecule has 0 spiro atoms. The van der Waals surface area contributed by atoms with Gasteiger partial charge in [0.2, 0.25) is 11.8 Å². The van der Waals surface area contributed by atoms with Gasteiger partial charge in [-0.25, -0.2) is 9.97 Å². The SMILES string of the molecule is Cc1ncsc1-c1ccc(CNC(=O)[C@@H]2C[C@@H](O)CN2C(=O)[C@@H](NC(=O)c2ccc(OCCCCCCC(=O)O)cn2)C(C)(C)C)cc1. The lowest BCUT2D eigenvalue weighted by atomic mass is 9.85. The van der Waals surface area contributed by atoms with E-state index >= 15 is 0 Å². The number of aryl methyl sites for hydroxylation is 1. The van der Waals surface area contributed by atoms with Gasteiger partial charge in [0.05, 0.1) is 35.0 Å². The number of unbranched alkanes of at least 4 members (excludes halogenated alkanes) is 3. The highest BCUT2D eigenvalue weighted by Gasteiger charge is 2.44. The van der Waals surface area contributed by atoms with Crippen molar-refractivity contribution in [3.05, 3.63) is 65.1 Å². The third kappa shape index (κ3) is 10.1. The molecule has 13 heteroatoms. The molecule has 0 bridgehead atoms. The van der Waals surface area contributed by atoms with Crippen molar-refractivity contribution in [2.75, 3.05) is 13.2 Å². The molecule has 3 aromatic rings. The molecule has 4 rings (SSSR count). The third-order valence-electron chi connectivity index (χ3n) is 8.20. The largest absolute Gasteiger partial charge is 0.492 e. The second kappa shape index (κ2) is 16.6. The van der Waals surface area contributed by atoms with Crippen LogP contribution in [-0.4, -0.2) is 80.1 Å². The van der Waals surface area contributed by atoms with Crippen LogP contribution in [0.15, 0.2) is 48.1 Å². The highest BCUT2D eigenvalue weighted by molar-refractivity contribution is 7.13. The number of likely N-dealkylation sites (tertiary alicyclic amines) is 1. The number of pyridine rings is 1. The van der Waals surface area contributed by atoms with Crippen LogP contribution in [0.4, 0.5) is 0 Å². The van der Waals surface area contributed by atoms with Crippen LogP contribution in [0.1, 0.15) is 81.0 Å². The van der Waals surface area contributed by atoms with E-state index < -0.39 is 41.4 Å². The molecule has 12 nitrogen and oxygen atoms in total. The van der Waals surface area contributed by atoms with Crippen LogP contribution in [0.25, 0.3) is 10.4 Å². The van der Waals surface area contributed by atoms with Gasteiger partial charge in [0.25, 0.3) is 5.91 Å². The molecule has 0 radical (unpaired) electrons. The molecule has 3 atom stereocenters. The number of rotatable bonds is 15. The molecule has 3 heterocycles. The Morgan fingerprint density at radius 1 is 1.04 bits per heavy atom. The minimum Gasteiger partial charge on any atom is -0.492 e. The molecule has 0 aliphatic carbocycles. The number of carbonyl (C=O) groups is 4. The molecule has 258 valence electrons. The van der Waals surface area contributed by atoms with Gasteiger partial charge < -0.3 is 30.5 Å². The van der Waals surface area contributed by atoms with E-state index in [4.69, 9.17) is 9.84 Å². The zero-order chi connectivity index (χ0) is 34.8. The van der Waals surface area contributed by atoms with Crippen LogP contribution in [0, 0.1) is 12.3 Å². The number of β-amino-alcohol motifs (C(OH)–C–C–N with tert-alkyl or cyclic N) is 1. The van der Waals surface area contributed by atoms with Crippen molar-refractivity contribution < 1.29 is 34.1 Å². The third-order valence-corrected chi connectivity index (χ3v) is 9.18. The maximum Gasteiger partial charge on any atom is 0.303 e. The molecule has 48 heavy (non-hydrogen) atoms. The standard InChI is InChI=1S/C35H45N5O7S/c1-22-30(48-21-38-22)24-12-10-23(11-13-24)18-37-33(45)28-17-25(41)20-40(28)34(46)31(35(2,3)4)39-32(44)27-15-14-26(19-36-27)47-16-8-6-5-7-9-29(42)43/h10-15,19,21,25,28,31,41H,5-9,16-18,20H2,1-4H3,(H,37,45)(H,39,44)(H,42,43)/t25-,28+,31-/m1/s1. The fraction of sp³-hybridized carbons (Fsp3) is 0.486. The second-order valence-electron chi connectivity index (χ2n) is 13.1. The summed E-state index contributed by atoms with van der Waals surface area (Å²) in [5.41, 5.74) is 4.10. The van der Waals surface area contributed by atoms with Gasteiger partial charge in [0, 0.05) is 25.9 Å². The lowest BCUT2D eigenvalue weighted by Crippen LogP contribution is -2.57. The van der Waals surface area contributed by atoms with E-state index in [0.717, 1.165) is 41.0 Å². The van der Waals surface area contributed by atoms with Gasteiger partial charge in [-0.15, -0.1) is 11.3 Å². The number of aliphatic hydroxyl groups is 1. The summed E-state index contributed by atoms with van der Waals surface area (Å²) in [5.74, 6) is -1.69. The number of nitrogens with zero attached hydrogens (tertiary/aromatic N) is 3. The maximum atomic E-state index is 13.9. The molecular weight excluding hydrogens is 634 g/mol. The number of nitrogens with one attached hydrogen (secondary N) is 2. The Balaban J connectivity index is 1.33. The molecule has 2 aromatic heterocycles. The summed E-state index contributed by atoms with van der Waals surface area (Å²) in [4.78, 5) is 62.1. The fourth-order valence-electron chi connectivity index (χ4n) is 5.51. The monoisotopic (exact) mass is 679 g/mol. The average molecular weight is 680 g/mol. The van der Waals surface area contributed by atoms with Crippen LogP contribution in [0.3, 0.4) is 0 Å². The highest BCUT2D eigenvalue weighted by Crippen LogP contribution is 2.28. The van der Waals surface area contributed by atoms with E-state index in [0.29, 0.717) is 18.8 Å². The predicted molar refractivity (Wildman–Crippen MR) is 181 cm³/mol. The Hall–Kier alpha value is -4.36. The normalized spacial score (nSPS) is 16.7. The Morgan fingerprint density at radius 2 is 1.77 bits per heavy atom. The quantitative estimate of drug-likeness (QED) is 0.171. The first kappa shape index (κ1) is 36.5. The highest BCUT2D eigenvalue weighted by atomic mass is 32.1. The van der Waals surface area contributed by atoms with Gasteiger partial charge in [-0.2, -0.15) is 0 Å². The Kier molecular flexibility index (Phi) is 12.7. The first-order valence-corrected chi connectivity index (χ1v) is 17.1. The van der Waals surface area contributed by atoms with Crippen molar-refractivity contribution in [2.24, 2.45) is 5.41 Å². The average Bonchev–Trinajstić information content (AvgIpc) is 3.66. The van der Waals surface area contributed by atoms with Crippen LogP contribution in [0.2, 0.25) is 0 Å². The number of ether oxygens (including phenoxy) is 1. The zero-order valence-corrected chi connectivity index (χ0v) is 28.7. The Labute approximate surface area is 284 Å². The number of hydrogen-bond acceptors (Lipinski definition) is 9. The number of carboxylic acid groups (broad SMARTS) is 1. The molecule has 0 saturated carbocycles. The molecule has 1 aromatic carbocycles. The number of thiazole rings is 1. The molecule has 0 unspecified atom stereocenters. The summed E-state index contributed by atoms with van der Waals surface area (Å²) in [6.45, 7) is 8.10. The number of amides is 3. The summed E-state index contributed by atoms with van der Waals surface area (Å²) in [7, 11) is 0.